The second-order valence-corrected chi connectivity index (χ2v) is 4.34. The first-order valence-electron chi connectivity index (χ1n) is 4.09. The quantitative estimate of drug-likeness (QED) is 0.421. The van der Waals surface area contributed by atoms with Crippen molar-refractivity contribution in [2.24, 2.45) is 10.9 Å². The third-order valence-corrected chi connectivity index (χ3v) is 2.13. The Hall–Kier alpha value is -1.60. The van der Waals surface area contributed by atoms with E-state index < -0.39 is 10.2 Å². The maximum Gasteiger partial charge on any atom is 0.296 e. The summed E-state index contributed by atoms with van der Waals surface area (Å²) in [5.41, 5.74) is 6.43. The zero-order valence-electron chi connectivity index (χ0n) is 7.90. The minimum atomic E-state index is -3.73. The Morgan fingerprint density at radius 2 is 1.87 bits per heavy atom. The molecule has 0 spiro atoms. The summed E-state index contributed by atoms with van der Waals surface area (Å²) >= 11 is 0. The Morgan fingerprint density at radius 1 is 1.33 bits per heavy atom. The predicted molar refractivity (Wildman–Crippen MR) is 58.8 cm³/mol. The molecule has 6 N–H and O–H groups in total. The van der Waals surface area contributed by atoms with Gasteiger partial charge in [0.2, 0.25) is 0 Å². The maximum absolute atomic E-state index is 10.7. The average molecular weight is 228 g/mol. The molecule has 1 rings (SSSR count). The molecule has 15 heavy (non-hydrogen) atoms. The van der Waals surface area contributed by atoms with Crippen molar-refractivity contribution in [3.63, 3.8) is 0 Å². The fraction of sp³-hybridized carbons (Fsp3) is 0.125. The molecule has 0 fully saturated rings. The molecule has 0 saturated heterocycles. The van der Waals surface area contributed by atoms with E-state index in [2.05, 4.69) is 4.72 Å². The fourth-order valence-corrected chi connectivity index (χ4v) is 1.54. The first-order valence-corrected chi connectivity index (χ1v) is 5.64. The van der Waals surface area contributed by atoms with Gasteiger partial charge < -0.3 is 5.73 Å². The summed E-state index contributed by atoms with van der Waals surface area (Å²) < 4.78 is 23.5. The molecule has 0 aliphatic heterocycles. The van der Waals surface area contributed by atoms with Gasteiger partial charge in [-0.3, -0.25) is 10.1 Å². The zero-order valence-corrected chi connectivity index (χ0v) is 8.71. The molecule has 6 nitrogen and oxygen atoms in total. The van der Waals surface area contributed by atoms with Crippen LogP contribution in [0.1, 0.15) is 5.56 Å². The summed E-state index contributed by atoms with van der Waals surface area (Å²) in [6.45, 7) is 0. The number of rotatable bonds is 4. The standard InChI is InChI=1S/C8H12N4O2S/c9-8(10)5-6-1-3-7(4-2-6)12-15(11,13)14/h1-4,12H,5H2,(H3,9,10)(H2,11,13,14). The Labute approximate surface area is 88.0 Å². The van der Waals surface area contributed by atoms with Crippen molar-refractivity contribution >= 4 is 21.7 Å². The molecule has 0 atom stereocenters. The van der Waals surface area contributed by atoms with Crippen LogP contribution >= 0.6 is 0 Å². The van der Waals surface area contributed by atoms with E-state index in [0.717, 1.165) is 5.56 Å². The van der Waals surface area contributed by atoms with E-state index in [1.54, 1.807) is 24.3 Å². The second kappa shape index (κ2) is 4.28. The maximum atomic E-state index is 10.7. The third kappa shape index (κ3) is 4.43. The molecule has 82 valence electrons. The lowest BCUT2D eigenvalue weighted by Crippen LogP contribution is -2.21. The van der Waals surface area contributed by atoms with Crippen LogP contribution in [0.2, 0.25) is 0 Å². The van der Waals surface area contributed by atoms with E-state index in [4.69, 9.17) is 16.3 Å². The molecule has 0 heterocycles. The van der Waals surface area contributed by atoms with Gasteiger partial charge in [-0.1, -0.05) is 12.1 Å². The largest absolute Gasteiger partial charge is 0.387 e. The molecule has 0 unspecified atom stereocenters. The number of hydrogen-bond acceptors (Lipinski definition) is 3. The Morgan fingerprint density at radius 3 is 2.27 bits per heavy atom. The van der Waals surface area contributed by atoms with Crippen LogP contribution in [-0.2, 0) is 16.6 Å². The molecular weight excluding hydrogens is 216 g/mol. The number of nitrogens with one attached hydrogen (secondary N) is 2. The van der Waals surface area contributed by atoms with Crippen molar-refractivity contribution in [2.75, 3.05) is 4.72 Å². The van der Waals surface area contributed by atoms with Crippen molar-refractivity contribution in [3.8, 4) is 0 Å². The molecule has 0 radical (unpaired) electrons. The van der Waals surface area contributed by atoms with Crippen LogP contribution in [0.25, 0.3) is 0 Å². The van der Waals surface area contributed by atoms with Gasteiger partial charge in [-0.05, 0) is 17.7 Å². The fourth-order valence-electron chi connectivity index (χ4n) is 1.07. The van der Waals surface area contributed by atoms with E-state index in [0.29, 0.717) is 12.1 Å². The van der Waals surface area contributed by atoms with Crippen LogP contribution in [0, 0.1) is 5.41 Å². The molecule has 0 aliphatic rings. The molecule has 1 aromatic carbocycles. The van der Waals surface area contributed by atoms with Crippen molar-refractivity contribution < 1.29 is 8.42 Å². The topological polar surface area (TPSA) is 122 Å². The SMILES string of the molecule is N=C(N)Cc1ccc(NS(N)(=O)=O)cc1. The van der Waals surface area contributed by atoms with Gasteiger partial charge in [-0.25, -0.2) is 5.14 Å². The monoisotopic (exact) mass is 228 g/mol. The highest BCUT2D eigenvalue weighted by Crippen LogP contribution is 2.10. The van der Waals surface area contributed by atoms with Gasteiger partial charge in [0.25, 0.3) is 10.2 Å². The van der Waals surface area contributed by atoms with E-state index in [1.807, 2.05) is 0 Å². The van der Waals surface area contributed by atoms with Gasteiger partial charge in [-0.15, -0.1) is 0 Å². The van der Waals surface area contributed by atoms with E-state index >= 15 is 0 Å². The number of benzene rings is 1. The van der Waals surface area contributed by atoms with E-state index in [-0.39, 0.29) is 5.84 Å². The highest BCUT2D eigenvalue weighted by atomic mass is 32.2. The van der Waals surface area contributed by atoms with Gasteiger partial charge in [0, 0.05) is 12.1 Å². The first kappa shape index (κ1) is 11.5. The van der Waals surface area contributed by atoms with Crippen LogP contribution in [0.4, 0.5) is 5.69 Å². The van der Waals surface area contributed by atoms with Crippen LogP contribution in [0.5, 0.6) is 0 Å². The molecule has 0 aromatic heterocycles. The first-order chi connectivity index (χ1) is 6.87. The lowest BCUT2D eigenvalue weighted by molar-refractivity contribution is 0.603. The Bertz CT molecular complexity index is 452. The summed E-state index contributed by atoms with van der Waals surface area (Å²) in [5.74, 6) is 0.0576. The lowest BCUT2D eigenvalue weighted by atomic mass is 10.1. The number of hydrogen-bond donors (Lipinski definition) is 4. The summed E-state index contributed by atoms with van der Waals surface area (Å²) in [6.07, 6.45) is 0.343. The van der Waals surface area contributed by atoms with E-state index in [1.165, 1.54) is 0 Å². The summed E-state index contributed by atoms with van der Waals surface area (Å²) in [4.78, 5) is 0. The Balaban J connectivity index is 2.77. The predicted octanol–water partition coefficient (Wildman–Crippen LogP) is -0.220. The van der Waals surface area contributed by atoms with Crippen molar-refractivity contribution in [2.45, 2.75) is 6.42 Å². The summed E-state index contributed by atoms with van der Waals surface area (Å²) in [6, 6.07) is 6.47. The van der Waals surface area contributed by atoms with Crippen LogP contribution < -0.4 is 15.6 Å². The zero-order chi connectivity index (χ0) is 11.5. The summed E-state index contributed by atoms with van der Waals surface area (Å²) in [5, 5.41) is 11.9. The van der Waals surface area contributed by atoms with Crippen LogP contribution in [0.3, 0.4) is 0 Å². The van der Waals surface area contributed by atoms with E-state index in [9.17, 15) is 8.42 Å². The molecular formula is C8H12N4O2S. The van der Waals surface area contributed by atoms with Crippen molar-refractivity contribution in [1.82, 2.24) is 0 Å². The summed E-state index contributed by atoms with van der Waals surface area (Å²) in [7, 11) is -3.73. The van der Waals surface area contributed by atoms with Crippen molar-refractivity contribution in [3.05, 3.63) is 29.8 Å². The van der Waals surface area contributed by atoms with Gasteiger partial charge in [0.05, 0.1) is 5.84 Å². The van der Waals surface area contributed by atoms with Gasteiger partial charge in [0.1, 0.15) is 0 Å². The number of nitrogens with two attached hydrogens (primary N) is 2. The highest BCUT2D eigenvalue weighted by molar-refractivity contribution is 7.90. The van der Waals surface area contributed by atoms with Crippen LogP contribution in [0.15, 0.2) is 24.3 Å². The van der Waals surface area contributed by atoms with Gasteiger partial charge in [0.15, 0.2) is 0 Å². The van der Waals surface area contributed by atoms with Crippen LogP contribution in [-0.4, -0.2) is 14.3 Å². The molecule has 0 aliphatic carbocycles. The van der Waals surface area contributed by atoms with Gasteiger partial charge in [-0.2, -0.15) is 8.42 Å². The molecule has 1 aromatic rings. The minimum absolute atomic E-state index is 0.0576. The smallest absolute Gasteiger partial charge is 0.296 e. The third-order valence-electron chi connectivity index (χ3n) is 1.61. The average Bonchev–Trinajstić information content (AvgIpc) is 2.05. The molecule has 0 saturated carbocycles. The second-order valence-electron chi connectivity index (χ2n) is 3.05. The van der Waals surface area contributed by atoms with Crippen molar-refractivity contribution in [1.29, 1.82) is 5.41 Å². The minimum Gasteiger partial charge on any atom is -0.387 e. The normalized spacial score (nSPS) is 11.0. The van der Waals surface area contributed by atoms with Gasteiger partial charge >= 0.3 is 0 Å². The highest BCUT2D eigenvalue weighted by Gasteiger charge is 2.02. The lowest BCUT2D eigenvalue weighted by Gasteiger charge is -2.04. The number of amidine groups is 1. The number of anilines is 1. The molecule has 7 heteroatoms. The Kier molecular flexibility index (Phi) is 3.28. The molecule has 0 amide bonds. The molecule has 0 bridgehead atoms.